The number of nitrogens with one attached hydrogen (secondary N) is 1. The van der Waals surface area contributed by atoms with Gasteiger partial charge in [-0.15, -0.1) is 0 Å². The zero-order valence-corrected chi connectivity index (χ0v) is 9.76. The van der Waals surface area contributed by atoms with Crippen LogP contribution in [0.3, 0.4) is 0 Å². The van der Waals surface area contributed by atoms with Gasteiger partial charge in [0.05, 0.1) is 10.2 Å². The molecule has 0 unspecified atom stereocenters. The minimum atomic E-state index is 1.04. The van der Waals surface area contributed by atoms with Crippen LogP contribution in [0, 0.1) is 5.92 Å². The van der Waals surface area contributed by atoms with Crippen LogP contribution < -0.4 is 5.32 Å². The molecule has 0 aromatic carbocycles. The molecule has 1 heterocycles. The summed E-state index contributed by atoms with van der Waals surface area (Å²) in [6.07, 6.45) is 9.21. The van der Waals surface area contributed by atoms with Crippen molar-refractivity contribution >= 4 is 21.6 Å². The van der Waals surface area contributed by atoms with Gasteiger partial charge in [0.1, 0.15) is 0 Å². The van der Waals surface area contributed by atoms with Crippen LogP contribution in [-0.2, 0) is 0 Å². The van der Waals surface area contributed by atoms with Crippen LogP contribution in [0.15, 0.2) is 22.9 Å². The second-order valence-electron chi connectivity index (χ2n) is 3.87. The largest absolute Gasteiger partial charge is 0.384 e. The zero-order chi connectivity index (χ0) is 9.80. The van der Waals surface area contributed by atoms with E-state index >= 15 is 0 Å². The van der Waals surface area contributed by atoms with Crippen molar-refractivity contribution in [2.45, 2.75) is 25.7 Å². The lowest BCUT2D eigenvalue weighted by Crippen LogP contribution is -2.02. The van der Waals surface area contributed by atoms with Gasteiger partial charge >= 0.3 is 0 Å². The van der Waals surface area contributed by atoms with Crippen molar-refractivity contribution < 1.29 is 0 Å². The fourth-order valence-electron chi connectivity index (χ4n) is 1.54. The highest BCUT2D eigenvalue weighted by Crippen LogP contribution is 2.33. The van der Waals surface area contributed by atoms with Gasteiger partial charge in [0.15, 0.2) is 0 Å². The molecule has 1 aliphatic rings. The van der Waals surface area contributed by atoms with Crippen LogP contribution in [-0.4, -0.2) is 11.5 Å². The van der Waals surface area contributed by atoms with Crippen LogP contribution in [0.1, 0.15) is 25.7 Å². The first kappa shape index (κ1) is 9.97. The van der Waals surface area contributed by atoms with E-state index in [9.17, 15) is 0 Å². The number of anilines is 1. The summed E-state index contributed by atoms with van der Waals surface area (Å²) in [6.45, 7) is 1.07. The Labute approximate surface area is 93.3 Å². The fraction of sp³-hybridized carbons (Fsp3) is 0.545. The highest BCUT2D eigenvalue weighted by Gasteiger charge is 2.19. The normalized spacial score (nSPS) is 15.5. The molecule has 0 saturated heterocycles. The third kappa shape index (κ3) is 2.98. The number of nitrogens with zero attached hydrogens (tertiary/aromatic N) is 1. The first-order valence-corrected chi connectivity index (χ1v) is 5.99. The molecule has 2 nitrogen and oxygen atoms in total. The van der Waals surface area contributed by atoms with E-state index in [0.29, 0.717) is 0 Å². The quantitative estimate of drug-likeness (QED) is 0.815. The van der Waals surface area contributed by atoms with Crippen molar-refractivity contribution in [1.29, 1.82) is 0 Å². The number of halogens is 1. The molecule has 1 aromatic rings. The fourth-order valence-corrected chi connectivity index (χ4v) is 1.93. The van der Waals surface area contributed by atoms with E-state index in [1.54, 1.807) is 0 Å². The lowest BCUT2D eigenvalue weighted by atomic mass is 10.2. The summed E-state index contributed by atoms with van der Waals surface area (Å²) in [5.74, 6) is 1.04. The minimum Gasteiger partial charge on any atom is -0.384 e. The summed E-state index contributed by atoms with van der Waals surface area (Å²) in [4.78, 5) is 4.02. The highest BCUT2D eigenvalue weighted by atomic mass is 79.9. The molecule has 1 aromatic heterocycles. The molecule has 0 bridgehead atoms. The van der Waals surface area contributed by atoms with Gasteiger partial charge in [0.25, 0.3) is 0 Å². The molecular weight excluding hydrogens is 240 g/mol. The van der Waals surface area contributed by atoms with Crippen molar-refractivity contribution in [1.82, 2.24) is 4.98 Å². The van der Waals surface area contributed by atoms with Crippen molar-refractivity contribution in [3.05, 3.63) is 22.9 Å². The van der Waals surface area contributed by atoms with Gasteiger partial charge in [-0.3, -0.25) is 4.98 Å². The molecule has 3 heteroatoms. The summed E-state index contributed by atoms with van der Waals surface area (Å²) < 4.78 is 1.05. The molecule has 0 spiro atoms. The maximum atomic E-state index is 4.02. The molecule has 1 aliphatic carbocycles. The van der Waals surface area contributed by atoms with Gasteiger partial charge in [-0.25, -0.2) is 0 Å². The number of pyridine rings is 1. The SMILES string of the molecule is Brc1cnccc1NCCCC1CC1. The van der Waals surface area contributed by atoms with E-state index < -0.39 is 0 Å². The molecule has 76 valence electrons. The van der Waals surface area contributed by atoms with Gasteiger partial charge in [-0.05, 0) is 40.8 Å². The molecule has 0 aliphatic heterocycles. The number of hydrogen-bond donors (Lipinski definition) is 1. The van der Waals surface area contributed by atoms with Crippen molar-refractivity contribution in [2.75, 3.05) is 11.9 Å². The summed E-state index contributed by atoms with van der Waals surface area (Å²) >= 11 is 3.46. The van der Waals surface area contributed by atoms with Gasteiger partial charge < -0.3 is 5.32 Å². The average molecular weight is 255 g/mol. The van der Waals surface area contributed by atoms with Crippen LogP contribution in [0.25, 0.3) is 0 Å². The maximum Gasteiger partial charge on any atom is 0.0590 e. The van der Waals surface area contributed by atoms with Gasteiger partial charge in [0.2, 0.25) is 0 Å². The van der Waals surface area contributed by atoms with E-state index in [4.69, 9.17) is 0 Å². The molecule has 0 radical (unpaired) electrons. The van der Waals surface area contributed by atoms with Crippen molar-refractivity contribution in [3.8, 4) is 0 Å². The molecule has 2 rings (SSSR count). The third-order valence-corrected chi connectivity index (χ3v) is 3.21. The Morgan fingerprint density at radius 1 is 1.50 bits per heavy atom. The summed E-state index contributed by atoms with van der Waals surface area (Å²) in [6, 6.07) is 2.00. The second-order valence-corrected chi connectivity index (χ2v) is 4.72. The predicted octanol–water partition coefficient (Wildman–Crippen LogP) is 3.45. The average Bonchev–Trinajstić information content (AvgIpc) is 2.99. The lowest BCUT2D eigenvalue weighted by molar-refractivity contribution is 0.687. The molecular formula is C11H15BrN2. The van der Waals surface area contributed by atoms with Crippen molar-refractivity contribution in [2.24, 2.45) is 5.92 Å². The molecule has 14 heavy (non-hydrogen) atoms. The Bertz CT molecular complexity index is 297. The minimum absolute atomic E-state index is 1.04. The summed E-state index contributed by atoms with van der Waals surface area (Å²) in [7, 11) is 0. The third-order valence-electron chi connectivity index (χ3n) is 2.57. The number of aromatic nitrogens is 1. The van der Waals surface area contributed by atoms with E-state index in [0.717, 1.165) is 22.6 Å². The maximum absolute atomic E-state index is 4.02. The van der Waals surface area contributed by atoms with Crippen LogP contribution >= 0.6 is 15.9 Å². The van der Waals surface area contributed by atoms with E-state index in [-0.39, 0.29) is 0 Å². The second kappa shape index (κ2) is 4.78. The van der Waals surface area contributed by atoms with Crippen molar-refractivity contribution in [3.63, 3.8) is 0 Å². The van der Waals surface area contributed by atoms with Crippen LogP contribution in [0.4, 0.5) is 5.69 Å². The molecule has 1 N–H and O–H groups in total. The molecule has 1 fully saturated rings. The van der Waals surface area contributed by atoms with Gasteiger partial charge in [0, 0.05) is 18.9 Å². The molecule has 1 saturated carbocycles. The summed E-state index contributed by atoms with van der Waals surface area (Å²) in [5, 5.41) is 3.41. The van der Waals surface area contributed by atoms with E-state index in [1.807, 2.05) is 18.5 Å². The number of hydrogen-bond acceptors (Lipinski definition) is 2. The van der Waals surface area contributed by atoms with E-state index in [1.165, 1.54) is 25.7 Å². The van der Waals surface area contributed by atoms with E-state index in [2.05, 4.69) is 26.2 Å². The number of rotatable bonds is 5. The van der Waals surface area contributed by atoms with Gasteiger partial charge in [-0.1, -0.05) is 12.8 Å². The van der Waals surface area contributed by atoms with Gasteiger partial charge in [-0.2, -0.15) is 0 Å². The standard InChI is InChI=1S/C11H15BrN2/c12-10-8-13-7-5-11(10)14-6-1-2-9-3-4-9/h5,7-9H,1-4,6H2,(H,13,14). The predicted molar refractivity (Wildman–Crippen MR) is 62.4 cm³/mol. The first-order valence-electron chi connectivity index (χ1n) is 5.19. The highest BCUT2D eigenvalue weighted by molar-refractivity contribution is 9.10. The first-order chi connectivity index (χ1) is 6.86. The summed E-state index contributed by atoms with van der Waals surface area (Å²) in [5.41, 5.74) is 1.15. The Morgan fingerprint density at radius 2 is 2.36 bits per heavy atom. The smallest absolute Gasteiger partial charge is 0.0590 e. The molecule has 0 amide bonds. The monoisotopic (exact) mass is 254 g/mol. The lowest BCUT2D eigenvalue weighted by Gasteiger charge is -2.07. The van der Waals surface area contributed by atoms with Crippen LogP contribution in [0.2, 0.25) is 0 Å². The Kier molecular flexibility index (Phi) is 3.40. The molecule has 0 atom stereocenters. The Morgan fingerprint density at radius 3 is 3.07 bits per heavy atom. The topological polar surface area (TPSA) is 24.9 Å². The Balaban J connectivity index is 1.71. The van der Waals surface area contributed by atoms with Crippen LogP contribution in [0.5, 0.6) is 0 Å². The Hall–Kier alpha value is -0.570. The zero-order valence-electron chi connectivity index (χ0n) is 8.17.